The Morgan fingerprint density at radius 2 is 2.11 bits per heavy atom. The minimum absolute atomic E-state index is 0.147. The van der Waals surface area contributed by atoms with Crippen molar-refractivity contribution in [3.63, 3.8) is 0 Å². The molecule has 3 saturated heterocycles. The second kappa shape index (κ2) is 11.9. The number of unbranched alkanes of at least 4 members (excludes halogenated alkanes) is 1. The molecule has 1 spiro atoms. The zero-order valence-electron chi connectivity index (χ0n) is 21.4. The fourth-order valence-electron chi connectivity index (χ4n) is 6.17. The van der Waals surface area contributed by atoms with Gasteiger partial charge in [-0.15, -0.1) is 13.2 Å². The van der Waals surface area contributed by atoms with Gasteiger partial charge in [0.1, 0.15) is 11.6 Å². The number of halogens is 2. The number of fused-ring (bicyclic) bond motifs is 1. The molecule has 1 aromatic rings. The smallest absolute Gasteiger partial charge is 0.312 e. The molecule has 3 aliphatic heterocycles. The molecule has 7 atom stereocenters. The second-order valence-corrected chi connectivity index (χ2v) is 11.5. The normalized spacial score (nSPS) is 30.2. The number of carbonyl (C=O) groups is 3. The lowest BCUT2D eigenvalue weighted by Crippen LogP contribution is -2.59. The minimum Gasteiger partial charge on any atom is -0.465 e. The first-order chi connectivity index (χ1) is 18.3. The fraction of sp³-hybridized carbons (Fsp3) is 0.536. The van der Waals surface area contributed by atoms with Crippen molar-refractivity contribution in [1.82, 2.24) is 4.90 Å². The van der Waals surface area contributed by atoms with Crippen LogP contribution in [0.4, 0.5) is 5.69 Å². The minimum atomic E-state index is -1.26. The Bertz CT molecular complexity index is 1100. The molecule has 38 heavy (non-hydrogen) atoms. The number of ether oxygens (including phenoxy) is 2. The van der Waals surface area contributed by atoms with E-state index < -0.39 is 47.5 Å². The average Bonchev–Trinajstić information content (AvgIpc) is 3.50. The van der Waals surface area contributed by atoms with Gasteiger partial charge in [0.05, 0.1) is 47.9 Å². The Morgan fingerprint density at radius 3 is 2.74 bits per heavy atom. The molecule has 1 N–H and O–H groups in total. The van der Waals surface area contributed by atoms with Crippen LogP contribution >= 0.6 is 27.5 Å². The average molecular weight is 610 g/mol. The number of hydrogen-bond donors (Lipinski definition) is 1. The number of allylic oxidation sites excluding steroid dienone is 1. The highest BCUT2D eigenvalue weighted by Gasteiger charge is 2.77. The number of nitrogens with zero attached hydrogens (tertiary/aromatic N) is 2. The quantitative estimate of drug-likeness (QED) is 0.167. The number of aliphatic hydroxyl groups excluding tert-OH is 1. The molecule has 1 aromatic carbocycles. The maximum absolute atomic E-state index is 14.5. The van der Waals surface area contributed by atoms with Crippen LogP contribution in [-0.4, -0.2) is 76.2 Å². The van der Waals surface area contributed by atoms with Gasteiger partial charge < -0.3 is 24.4 Å². The molecule has 2 bridgehead atoms. The number of anilines is 1. The van der Waals surface area contributed by atoms with Crippen molar-refractivity contribution in [1.29, 1.82) is 0 Å². The molecule has 0 radical (unpaired) electrons. The Balaban J connectivity index is 1.77. The highest BCUT2D eigenvalue weighted by molar-refractivity contribution is 9.09. The van der Waals surface area contributed by atoms with Gasteiger partial charge in [0.25, 0.3) is 5.91 Å². The first-order valence-corrected chi connectivity index (χ1v) is 14.3. The molecule has 3 unspecified atom stereocenters. The highest BCUT2D eigenvalue weighted by atomic mass is 79.9. The number of para-hydroxylation sites is 1. The van der Waals surface area contributed by atoms with E-state index in [-0.39, 0.29) is 30.5 Å². The Morgan fingerprint density at radius 1 is 1.37 bits per heavy atom. The highest BCUT2D eigenvalue weighted by Crippen LogP contribution is 2.61. The fourth-order valence-corrected chi connectivity index (χ4v) is 7.35. The molecule has 0 saturated carbocycles. The summed E-state index contributed by atoms with van der Waals surface area (Å²) in [6, 6.07) is 5.25. The van der Waals surface area contributed by atoms with E-state index in [0.717, 1.165) is 0 Å². The van der Waals surface area contributed by atoms with E-state index in [1.165, 1.54) is 9.80 Å². The first-order valence-electron chi connectivity index (χ1n) is 13.0. The summed E-state index contributed by atoms with van der Waals surface area (Å²) in [6.45, 7) is 9.34. The number of aliphatic hydroxyl groups is 1. The predicted octanol–water partition coefficient (Wildman–Crippen LogP) is 3.89. The summed E-state index contributed by atoms with van der Waals surface area (Å²) in [6.07, 6.45) is 4.82. The second-order valence-electron chi connectivity index (χ2n) is 9.94. The van der Waals surface area contributed by atoms with Gasteiger partial charge in [-0.25, -0.2) is 0 Å². The van der Waals surface area contributed by atoms with E-state index in [2.05, 4.69) is 29.1 Å². The maximum atomic E-state index is 14.5. The topological polar surface area (TPSA) is 96.4 Å². The summed E-state index contributed by atoms with van der Waals surface area (Å²) in [5.74, 6) is -3.06. The number of alkyl halides is 1. The lowest BCUT2D eigenvalue weighted by molar-refractivity contribution is -0.155. The maximum Gasteiger partial charge on any atom is 0.312 e. The number of amides is 2. The van der Waals surface area contributed by atoms with Gasteiger partial charge in [0.2, 0.25) is 5.91 Å². The number of rotatable bonds is 12. The van der Waals surface area contributed by atoms with E-state index in [0.29, 0.717) is 36.4 Å². The van der Waals surface area contributed by atoms with Gasteiger partial charge in [0, 0.05) is 11.4 Å². The van der Waals surface area contributed by atoms with Gasteiger partial charge >= 0.3 is 5.97 Å². The number of hydrogen-bond acceptors (Lipinski definition) is 6. The molecule has 10 heteroatoms. The van der Waals surface area contributed by atoms with Crippen LogP contribution in [0.2, 0.25) is 5.02 Å². The van der Waals surface area contributed by atoms with Crippen LogP contribution in [0.25, 0.3) is 0 Å². The van der Waals surface area contributed by atoms with Gasteiger partial charge in [-0.3, -0.25) is 14.4 Å². The number of carbonyl (C=O) groups excluding carboxylic acids is 3. The third-order valence-electron chi connectivity index (χ3n) is 7.83. The third-order valence-corrected chi connectivity index (χ3v) is 8.99. The van der Waals surface area contributed by atoms with Crippen LogP contribution in [0.3, 0.4) is 0 Å². The lowest BCUT2D eigenvalue weighted by atomic mass is 9.70. The van der Waals surface area contributed by atoms with Crippen LogP contribution in [0.15, 0.2) is 49.6 Å². The monoisotopic (exact) mass is 608 g/mol. The number of likely N-dealkylation sites (tertiary alicyclic amines) is 1. The van der Waals surface area contributed by atoms with Crippen molar-refractivity contribution < 1.29 is 29.0 Å². The molecule has 3 aliphatic rings. The van der Waals surface area contributed by atoms with Crippen molar-refractivity contribution in [2.45, 2.75) is 61.2 Å². The summed E-state index contributed by atoms with van der Waals surface area (Å²) in [7, 11) is 0. The van der Waals surface area contributed by atoms with Crippen LogP contribution in [-0.2, 0) is 23.9 Å². The van der Waals surface area contributed by atoms with Crippen molar-refractivity contribution in [3.05, 3.63) is 54.6 Å². The summed E-state index contributed by atoms with van der Waals surface area (Å²) < 4.78 is 12.1. The van der Waals surface area contributed by atoms with Gasteiger partial charge in [-0.1, -0.05) is 58.7 Å². The van der Waals surface area contributed by atoms with Crippen LogP contribution in [0.5, 0.6) is 0 Å². The van der Waals surface area contributed by atoms with Crippen LogP contribution in [0.1, 0.15) is 32.6 Å². The van der Waals surface area contributed by atoms with Gasteiger partial charge in [-0.2, -0.15) is 0 Å². The van der Waals surface area contributed by atoms with Crippen LogP contribution in [0, 0.1) is 11.8 Å². The largest absolute Gasteiger partial charge is 0.465 e. The van der Waals surface area contributed by atoms with Crippen molar-refractivity contribution in [2.24, 2.45) is 11.8 Å². The summed E-state index contributed by atoms with van der Waals surface area (Å²) in [5, 5.41) is 10.6. The lowest BCUT2D eigenvalue weighted by Gasteiger charge is -2.39. The molecule has 0 aliphatic carbocycles. The van der Waals surface area contributed by atoms with Crippen molar-refractivity contribution in [3.8, 4) is 0 Å². The molecule has 3 heterocycles. The Hall–Kier alpha value is -2.20. The Kier molecular flexibility index (Phi) is 9.02. The van der Waals surface area contributed by atoms with E-state index in [1.807, 2.05) is 6.92 Å². The molecule has 206 valence electrons. The van der Waals surface area contributed by atoms with Crippen LogP contribution < -0.4 is 4.90 Å². The van der Waals surface area contributed by atoms with Crippen molar-refractivity contribution in [2.75, 3.05) is 24.7 Å². The molecule has 3 fully saturated rings. The standard InChI is InChI=1S/C28H34BrClN2O6/c1-4-7-10-14-37-27(36)21-22-25(34)32(17(6-3)16-33)24(28(22)15-18(29)23(21)38-28)26(35)31(13-5-2)20-12-9-8-11-19(20)30/h4-5,8-9,11-12,17-18,21-24,33H,1-2,6-7,10,13-16H2,3H3/t17-,18?,21-,22-,23-,24?,28?/m0/s1. The molecule has 2 amide bonds. The first kappa shape index (κ1) is 28.8. The zero-order valence-corrected chi connectivity index (χ0v) is 23.8. The predicted molar refractivity (Wildman–Crippen MR) is 148 cm³/mol. The molecule has 4 rings (SSSR count). The van der Waals surface area contributed by atoms with E-state index in [9.17, 15) is 19.5 Å². The summed E-state index contributed by atoms with van der Waals surface area (Å²) in [5.41, 5.74) is -0.786. The number of esters is 1. The van der Waals surface area contributed by atoms with Gasteiger partial charge in [-0.05, 0) is 37.8 Å². The van der Waals surface area contributed by atoms with E-state index in [1.54, 1.807) is 36.4 Å². The number of benzene rings is 1. The van der Waals surface area contributed by atoms with Crippen molar-refractivity contribution >= 4 is 51.0 Å². The molecular formula is C28H34BrClN2O6. The third kappa shape index (κ3) is 4.72. The SMILES string of the molecule is C=CCCCOC(=O)[C@H]1[C@H]2C(=O)N([C@@H](CC)CO)C(C(=O)N(CC=C)c3ccccc3Cl)C23CC(Br)[C@@H]1O3. The zero-order chi connectivity index (χ0) is 27.6. The summed E-state index contributed by atoms with van der Waals surface area (Å²) >= 11 is 10.1. The molecular weight excluding hydrogens is 576 g/mol. The summed E-state index contributed by atoms with van der Waals surface area (Å²) in [4.78, 5) is 44.6. The Labute approximate surface area is 236 Å². The van der Waals surface area contributed by atoms with Gasteiger partial charge in [0.15, 0.2) is 0 Å². The van der Waals surface area contributed by atoms with E-state index >= 15 is 0 Å². The van der Waals surface area contributed by atoms with E-state index in [4.69, 9.17) is 21.1 Å². The molecule has 0 aromatic heterocycles. The molecule has 8 nitrogen and oxygen atoms in total.